The van der Waals surface area contributed by atoms with Crippen molar-refractivity contribution in [3.05, 3.63) is 64.9 Å². The van der Waals surface area contributed by atoms with E-state index >= 15 is 0 Å². The molecule has 0 spiro atoms. The second kappa shape index (κ2) is 7.79. The Morgan fingerprint density at radius 2 is 1.83 bits per heavy atom. The Morgan fingerprint density at radius 1 is 1.21 bits per heavy atom. The highest BCUT2D eigenvalue weighted by Gasteiger charge is 2.26. The number of anilines is 1. The Morgan fingerprint density at radius 3 is 2.42 bits per heavy atom. The molecule has 1 atom stereocenters. The lowest BCUT2D eigenvalue weighted by molar-refractivity contribution is -0.141. The summed E-state index contributed by atoms with van der Waals surface area (Å²) in [5, 5.41) is 12.2. The molecule has 126 valence electrons. The third kappa shape index (κ3) is 4.45. The molecule has 2 aromatic rings. The van der Waals surface area contributed by atoms with Crippen LogP contribution in [0.3, 0.4) is 0 Å². The summed E-state index contributed by atoms with van der Waals surface area (Å²) < 4.78 is 12.9. The van der Waals surface area contributed by atoms with Crippen molar-refractivity contribution in [1.82, 2.24) is 4.90 Å². The van der Waals surface area contributed by atoms with Crippen LogP contribution in [0.5, 0.6) is 0 Å². The van der Waals surface area contributed by atoms with E-state index in [0.29, 0.717) is 16.3 Å². The molecule has 7 heteroatoms. The predicted molar refractivity (Wildman–Crippen MR) is 89.5 cm³/mol. The first-order chi connectivity index (χ1) is 11.4. The van der Waals surface area contributed by atoms with Gasteiger partial charge in [-0.05, 0) is 42.8 Å². The van der Waals surface area contributed by atoms with Crippen LogP contribution in [-0.2, 0) is 11.3 Å². The van der Waals surface area contributed by atoms with Crippen LogP contribution in [0, 0.1) is 5.82 Å². The maximum absolute atomic E-state index is 12.9. The summed E-state index contributed by atoms with van der Waals surface area (Å²) in [7, 11) is 0. The summed E-state index contributed by atoms with van der Waals surface area (Å²) in [6.45, 7) is 1.43. The second-order valence-electron chi connectivity index (χ2n) is 5.17. The minimum atomic E-state index is -1.14. The molecule has 0 heterocycles. The normalized spacial score (nSPS) is 11.6. The van der Waals surface area contributed by atoms with E-state index in [9.17, 15) is 19.1 Å². The van der Waals surface area contributed by atoms with Gasteiger partial charge in [-0.3, -0.25) is 0 Å². The van der Waals surface area contributed by atoms with Gasteiger partial charge in [0.2, 0.25) is 0 Å². The van der Waals surface area contributed by atoms with Gasteiger partial charge in [-0.25, -0.2) is 14.0 Å². The Labute approximate surface area is 143 Å². The molecule has 24 heavy (non-hydrogen) atoms. The number of hydrogen-bond acceptors (Lipinski definition) is 2. The molecule has 5 nitrogen and oxygen atoms in total. The maximum atomic E-state index is 12.9. The molecule has 0 saturated heterocycles. The van der Waals surface area contributed by atoms with E-state index in [1.165, 1.54) is 31.2 Å². The minimum absolute atomic E-state index is 0.0279. The van der Waals surface area contributed by atoms with Crippen LogP contribution in [0.25, 0.3) is 0 Å². The van der Waals surface area contributed by atoms with Crippen molar-refractivity contribution in [2.75, 3.05) is 5.32 Å². The SMILES string of the molecule is CC(C(=O)O)N(Cc1ccccc1Cl)C(=O)Nc1ccc(F)cc1. The number of urea groups is 1. The summed E-state index contributed by atoms with van der Waals surface area (Å²) in [6.07, 6.45) is 0. The number of nitrogens with one attached hydrogen (secondary N) is 1. The smallest absolute Gasteiger partial charge is 0.326 e. The fraction of sp³-hybridized carbons (Fsp3) is 0.176. The number of carbonyl (C=O) groups excluding carboxylic acids is 1. The molecule has 2 N–H and O–H groups in total. The molecule has 0 bridgehead atoms. The predicted octanol–water partition coefficient (Wildman–Crippen LogP) is 3.99. The first kappa shape index (κ1) is 17.7. The summed E-state index contributed by atoms with van der Waals surface area (Å²) in [5.41, 5.74) is 0.990. The van der Waals surface area contributed by atoms with Crippen LogP contribution in [0.1, 0.15) is 12.5 Å². The fourth-order valence-electron chi connectivity index (χ4n) is 2.06. The lowest BCUT2D eigenvalue weighted by Crippen LogP contribution is -2.45. The molecule has 0 aromatic heterocycles. The topological polar surface area (TPSA) is 69.6 Å². The molecule has 0 aliphatic rings. The average molecular weight is 351 g/mol. The monoisotopic (exact) mass is 350 g/mol. The molecular weight excluding hydrogens is 335 g/mol. The zero-order chi connectivity index (χ0) is 17.7. The second-order valence-corrected chi connectivity index (χ2v) is 5.58. The van der Waals surface area contributed by atoms with Crippen molar-refractivity contribution >= 4 is 29.3 Å². The molecule has 2 amide bonds. The standard InChI is InChI=1S/C17H16ClFN2O3/c1-11(16(22)23)21(10-12-4-2-3-5-15(12)18)17(24)20-14-8-6-13(19)7-9-14/h2-9,11H,10H2,1H3,(H,20,24)(H,22,23). The summed E-state index contributed by atoms with van der Waals surface area (Å²) in [6, 6.07) is 10.4. The Hall–Kier alpha value is -2.60. The van der Waals surface area contributed by atoms with E-state index in [-0.39, 0.29) is 6.54 Å². The van der Waals surface area contributed by atoms with E-state index < -0.39 is 23.9 Å². The number of rotatable bonds is 5. The molecule has 0 radical (unpaired) electrons. The van der Waals surface area contributed by atoms with Crippen molar-refractivity contribution in [3.63, 3.8) is 0 Å². The molecule has 2 aromatic carbocycles. The number of benzene rings is 2. The lowest BCUT2D eigenvalue weighted by atomic mass is 10.2. The van der Waals surface area contributed by atoms with Crippen molar-refractivity contribution in [2.24, 2.45) is 0 Å². The van der Waals surface area contributed by atoms with Gasteiger partial charge >= 0.3 is 12.0 Å². The van der Waals surface area contributed by atoms with Crippen molar-refractivity contribution in [3.8, 4) is 0 Å². The van der Waals surface area contributed by atoms with E-state index in [2.05, 4.69) is 5.32 Å². The van der Waals surface area contributed by atoms with Crippen molar-refractivity contribution in [1.29, 1.82) is 0 Å². The quantitative estimate of drug-likeness (QED) is 0.856. The summed E-state index contributed by atoms with van der Waals surface area (Å²) in [4.78, 5) is 24.9. The molecule has 0 aliphatic carbocycles. The van der Waals surface area contributed by atoms with Gasteiger partial charge in [-0.2, -0.15) is 0 Å². The summed E-state index contributed by atoms with van der Waals surface area (Å²) >= 11 is 6.09. The number of aliphatic carboxylic acids is 1. The van der Waals surface area contributed by atoms with Crippen LogP contribution in [-0.4, -0.2) is 28.0 Å². The summed E-state index contributed by atoms with van der Waals surface area (Å²) in [5.74, 6) is -1.57. The maximum Gasteiger partial charge on any atom is 0.326 e. The fourth-order valence-corrected chi connectivity index (χ4v) is 2.25. The molecule has 0 saturated carbocycles. The van der Waals surface area contributed by atoms with E-state index in [1.807, 2.05) is 0 Å². The van der Waals surface area contributed by atoms with Crippen LogP contribution >= 0.6 is 11.6 Å². The molecular formula is C17H16ClFN2O3. The molecule has 0 fully saturated rings. The number of nitrogens with zero attached hydrogens (tertiary/aromatic N) is 1. The first-order valence-corrected chi connectivity index (χ1v) is 7.55. The zero-order valence-corrected chi connectivity index (χ0v) is 13.6. The van der Waals surface area contributed by atoms with Crippen LogP contribution in [0.4, 0.5) is 14.9 Å². The Balaban J connectivity index is 2.22. The van der Waals surface area contributed by atoms with E-state index in [1.54, 1.807) is 24.3 Å². The van der Waals surface area contributed by atoms with Gasteiger partial charge in [0.15, 0.2) is 0 Å². The number of hydrogen-bond donors (Lipinski definition) is 2. The Bertz CT molecular complexity index is 737. The number of carboxylic acid groups (broad SMARTS) is 1. The van der Waals surface area contributed by atoms with Gasteiger partial charge in [0.05, 0.1) is 0 Å². The van der Waals surface area contributed by atoms with Crippen molar-refractivity contribution < 1.29 is 19.1 Å². The van der Waals surface area contributed by atoms with Crippen LogP contribution in [0.2, 0.25) is 5.02 Å². The van der Waals surface area contributed by atoms with Gasteiger partial charge in [0.1, 0.15) is 11.9 Å². The van der Waals surface area contributed by atoms with Gasteiger partial charge in [0, 0.05) is 17.3 Å². The van der Waals surface area contributed by atoms with Gasteiger partial charge in [0.25, 0.3) is 0 Å². The van der Waals surface area contributed by atoms with E-state index in [0.717, 1.165) is 4.90 Å². The largest absolute Gasteiger partial charge is 0.480 e. The van der Waals surface area contributed by atoms with Gasteiger partial charge in [-0.15, -0.1) is 0 Å². The highest BCUT2D eigenvalue weighted by atomic mass is 35.5. The van der Waals surface area contributed by atoms with Crippen molar-refractivity contribution in [2.45, 2.75) is 19.5 Å². The highest BCUT2D eigenvalue weighted by Crippen LogP contribution is 2.19. The lowest BCUT2D eigenvalue weighted by Gasteiger charge is -2.27. The number of halogens is 2. The average Bonchev–Trinajstić information content (AvgIpc) is 2.55. The molecule has 0 aliphatic heterocycles. The third-order valence-electron chi connectivity index (χ3n) is 3.48. The van der Waals surface area contributed by atoms with Crippen LogP contribution in [0.15, 0.2) is 48.5 Å². The minimum Gasteiger partial charge on any atom is -0.480 e. The number of carboxylic acids is 1. The molecule has 1 unspecified atom stereocenters. The Kier molecular flexibility index (Phi) is 5.76. The zero-order valence-electron chi connectivity index (χ0n) is 12.9. The number of amides is 2. The third-order valence-corrected chi connectivity index (χ3v) is 3.85. The van der Waals surface area contributed by atoms with Gasteiger partial charge in [-0.1, -0.05) is 29.8 Å². The van der Waals surface area contributed by atoms with Gasteiger partial charge < -0.3 is 15.3 Å². The van der Waals surface area contributed by atoms with E-state index in [4.69, 9.17) is 11.6 Å². The van der Waals surface area contributed by atoms with Crippen LogP contribution < -0.4 is 5.32 Å². The molecule has 2 rings (SSSR count). The first-order valence-electron chi connectivity index (χ1n) is 7.18. The highest BCUT2D eigenvalue weighted by molar-refractivity contribution is 6.31. The number of carbonyl (C=O) groups is 2.